The summed E-state index contributed by atoms with van der Waals surface area (Å²) >= 11 is 0. The van der Waals surface area contributed by atoms with Gasteiger partial charge in [-0.3, -0.25) is 9.78 Å². The van der Waals surface area contributed by atoms with Crippen LogP contribution in [0.4, 0.5) is 0 Å². The summed E-state index contributed by atoms with van der Waals surface area (Å²) in [5, 5.41) is 1.24. The van der Waals surface area contributed by atoms with Crippen LogP contribution in [0.2, 0.25) is 0 Å². The fraction of sp³-hybridized carbons (Fsp3) is 0.364. The molecular formula is C22H24N2O3S. The molecule has 28 heavy (non-hydrogen) atoms. The summed E-state index contributed by atoms with van der Waals surface area (Å²) in [6.45, 7) is 0.408. The van der Waals surface area contributed by atoms with E-state index in [2.05, 4.69) is 17.1 Å². The quantitative estimate of drug-likeness (QED) is 0.753. The number of nitrogens with zero attached hydrogens (tertiary/aromatic N) is 2. The maximum absolute atomic E-state index is 13.2. The van der Waals surface area contributed by atoms with Gasteiger partial charge in [-0.15, -0.1) is 0 Å². The molecular weight excluding hydrogens is 372 g/mol. The number of benzene rings is 1. The third-order valence-corrected chi connectivity index (χ3v) is 7.03. The number of aromatic nitrogens is 1. The molecule has 1 saturated carbocycles. The van der Waals surface area contributed by atoms with E-state index >= 15 is 0 Å². The van der Waals surface area contributed by atoms with Crippen LogP contribution < -0.4 is 0 Å². The largest absolute Gasteiger partial charge is 0.331 e. The summed E-state index contributed by atoms with van der Waals surface area (Å²) in [5.74, 6) is 0.534. The molecule has 2 aromatic rings. The van der Waals surface area contributed by atoms with Gasteiger partial charge >= 0.3 is 0 Å². The number of carbonyl (C=O) groups is 1. The fourth-order valence-electron chi connectivity index (χ4n) is 4.08. The van der Waals surface area contributed by atoms with Gasteiger partial charge in [0.05, 0.1) is 11.8 Å². The highest BCUT2D eigenvalue weighted by Gasteiger charge is 2.40. The van der Waals surface area contributed by atoms with Crippen molar-refractivity contribution < 1.29 is 13.2 Å². The third-order valence-electron chi connectivity index (χ3n) is 5.65. The van der Waals surface area contributed by atoms with Crippen molar-refractivity contribution in [3.05, 3.63) is 77.5 Å². The van der Waals surface area contributed by atoms with Gasteiger partial charge in [-0.2, -0.15) is 0 Å². The SMILES string of the molecule is O=C(C1CC(Cc2ccccc2)C1)N(Cc1ccncc1)C1C=CS(=O)(=O)C1. The smallest absolute Gasteiger partial charge is 0.226 e. The number of carbonyl (C=O) groups excluding carboxylic acids is 1. The molecule has 1 aliphatic carbocycles. The summed E-state index contributed by atoms with van der Waals surface area (Å²) in [6, 6.07) is 13.7. The van der Waals surface area contributed by atoms with E-state index in [4.69, 9.17) is 0 Å². The van der Waals surface area contributed by atoms with E-state index in [0.29, 0.717) is 12.5 Å². The van der Waals surface area contributed by atoms with E-state index in [-0.39, 0.29) is 23.6 Å². The van der Waals surface area contributed by atoms with E-state index in [0.717, 1.165) is 24.8 Å². The van der Waals surface area contributed by atoms with Gasteiger partial charge in [0, 0.05) is 30.3 Å². The van der Waals surface area contributed by atoms with Crippen LogP contribution in [0.15, 0.2) is 66.3 Å². The molecule has 1 aromatic heterocycles. The van der Waals surface area contributed by atoms with E-state index in [1.54, 1.807) is 23.4 Å². The predicted molar refractivity (Wildman–Crippen MR) is 108 cm³/mol. The minimum Gasteiger partial charge on any atom is -0.331 e. The topological polar surface area (TPSA) is 67.3 Å². The Morgan fingerprint density at radius 1 is 1.04 bits per heavy atom. The number of sulfone groups is 1. The first-order valence-corrected chi connectivity index (χ1v) is 11.4. The maximum atomic E-state index is 13.2. The lowest BCUT2D eigenvalue weighted by Crippen LogP contribution is -2.47. The normalized spacial score (nSPS) is 25.2. The minimum absolute atomic E-state index is 0.0211. The highest BCUT2D eigenvalue weighted by Crippen LogP contribution is 2.38. The average Bonchev–Trinajstić information content (AvgIpc) is 3.03. The Bertz CT molecular complexity index is 952. The molecule has 1 unspecified atom stereocenters. The second-order valence-electron chi connectivity index (χ2n) is 7.77. The molecule has 1 amide bonds. The van der Waals surface area contributed by atoms with Crippen molar-refractivity contribution in [3.63, 3.8) is 0 Å². The molecule has 6 heteroatoms. The molecule has 5 nitrogen and oxygen atoms in total. The van der Waals surface area contributed by atoms with Crippen LogP contribution in [-0.4, -0.2) is 36.0 Å². The average molecular weight is 397 g/mol. The molecule has 0 saturated heterocycles. The number of hydrogen-bond donors (Lipinski definition) is 0. The molecule has 0 radical (unpaired) electrons. The summed E-state index contributed by atoms with van der Waals surface area (Å²) in [5.41, 5.74) is 2.26. The van der Waals surface area contributed by atoms with Crippen LogP contribution in [0.1, 0.15) is 24.0 Å². The van der Waals surface area contributed by atoms with E-state index in [1.807, 2.05) is 30.3 Å². The van der Waals surface area contributed by atoms with Crippen molar-refractivity contribution in [1.82, 2.24) is 9.88 Å². The fourth-order valence-corrected chi connectivity index (χ4v) is 5.38. The summed E-state index contributed by atoms with van der Waals surface area (Å²) in [7, 11) is -3.22. The summed E-state index contributed by atoms with van der Waals surface area (Å²) in [4.78, 5) is 19.0. The first-order chi connectivity index (χ1) is 13.5. The van der Waals surface area contributed by atoms with E-state index in [9.17, 15) is 13.2 Å². The lowest BCUT2D eigenvalue weighted by atomic mass is 9.71. The second-order valence-corrected chi connectivity index (χ2v) is 9.70. The molecule has 0 bridgehead atoms. The Morgan fingerprint density at radius 2 is 1.75 bits per heavy atom. The number of pyridine rings is 1. The highest BCUT2D eigenvalue weighted by molar-refractivity contribution is 7.94. The Kier molecular flexibility index (Phi) is 5.31. The first-order valence-electron chi connectivity index (χ1n) is 9.64. The number of hydrogen-bond acceptors (Lipinski definition) is 4. The molecule has 146 valence electrons. The van der Waals surface area contributed by atoms with Gasteiger partial charge in [0.25, 0.3) is 0 Å². The van der Waals surface area contributed by atoms with Crippen LogP contribution in [0.5, 0.6) is 0 Å². The zero-order chi connectivity index (χ0) is 19.6. The summed E-state index contributed by atoms with van der Waals surface area (Å²) < 4.78 is 23.8. The standard InChI is InChI=1S/C22H24N2O3S/c25-22(20-13-19(14-20)12-17-4-2-1-3-5-17)24(15-18-6-9-23-10-7-18)21-8-11-28(26,27)16-21/h1-11,19-21H,12-16H2. The molecule has 1 aromatic carbocycles. The van der Waals surface area contributed by atoms with Crippen molar-refractivity contribution in [3.8, 4) is 0 Å². The van der Waals surface area contributed by atoms with Crippen molar-refractivity contribution in [1.29, 1.82) is 0 Å². The molecule has 4 rings (SSSR count). The van der Waals surface area contributed by atoms with Crippen molar-refractivity contribution in [2.24, 2.45) is 11.8 Å². The van der Waals surface area contributed by atoms with Gasteiger partial charge in [0.15, 0.2) is 9.84 Å². The van der Waals surface area contributed by atoms with Gasteiger partial charge in [-0.25, -0.2) is 8.42 Å². The van der Waals surface area contributed by atoms with Crippen LogP contribution in [-0.2, 0) is 27.6 Å². The molecule has 0 spiro atoms. The van der Waals surface area contributed by atoms with E-state index < -0.39 is 9.84 Å². The van der Waals surface area contributed by atoms with Gasteiger partial charge in [0.1, 0.15) is 0 Å². The molecule has 2 aliphatic rings. The van der Waals surface area contributed by atoms with Crippen LogP contribution in [0, 0.1) is 11.8 Å². The Balaban J connectivity index is 1.43. The predicted octanol–water partition coefficient (Wildman–Crippen LogP) is 2.99. The third kappa shape index (κ3) is 4.33. The Morgan fingerprint density at radius 3 is 2.39 bits per heavy atom. The van der Waals surface area contributed by atoms with Gasteiger partial charge < -0.3 is 4.90 Å². The lowest BCUT2D eigenvalue weighted by Gasteiger charge is -2.39. The Hall–Kier alpha value is -2.47. The van der Waals surface area contributed by atoms with Crippen LogP contribution in [0.3, 0.4) is 0 Å². The van der Waals surface area contributed by atoms with Gasteiger partial charge in [0.2, 0.25) is 5.91 Å². The monoisotopic (exact) mass is 396 g/mol. The molecule has 1 aliphatic heterocycles. The number of rotatable bonds is 6. The lowest BCUT2D eigenvalue weighted by molar-refractivity contribution is -0.141. The Labute approximate surface area is 166 Å². The number of amides is 1. The van der Waals surface area contributed by atoms with Crippen molar-refractivity contribution in [2.45, 2.75) is 31.8 Å². The molecule has 1 fully saturated rings. The van der Waals surface area contributed by atoms with Crippen LogP contribution in [0.25, 0.3) is 0 Å². The van der Waals surface area contributed by atoms with Gasteiger partial charge in [-0.1, -0.05) is 30.3 Å². The molecule has 2 heterocycles. The molecule has 0 N–H and O–H groups in total. The minimum atomic E-state index is -3.22. The highest BCUT2D eigenvalue weighted by atomic mass is 32.2. The zero-order valence-electron chi connectivity index (χ0n) is 15.6. The van der Waals surface area contributed by atoms with Gasteiger partial charge in [-0.05, 0) is 54.5 Å². The van der Waals surface area contributed by atoms with Crippen LogP contribution >= 0.6 is 0 Å². The summed E-state index contributed by atoms with van der Waals surface area (Å²) in [6.07, 6.45) is 7.76. The first kappa shape index (κ1) is 18.9. The zero-order valence-corrected chi connectivity index (χ0v) is 16.5. The van der Waals surface area contributed by atoms with Crippen molar-refractivity contribution in [2.75, 3.05) is 5.75 Å². The maximum Gasteiger partial charge on any atom is 0.226 e. The second kappa shape index (κ2) is 7.87. The molecule has 1 atom stereocenters. The van der Waals surface area contributed by atoms with E-state index in [1.165, 1.54) is 11.0 Å². The van der Waals surface area contributed by atoms with Crippen molar-refractivity contribution >= 4 is 15.7 Å².